The maximum Gasteiger partial charge on any atom is 0.335 e. The van der Waals surface area contributed by atoms with Crippen molar-refractivity contribution < 1.29 is 9.90 Å². The van der Waals surface area contributed by atoms with Gasteiger partial charge in [0.05, 0.1) is 18.1 Å². The summed E-state index contributed by atoms with van der Waals surface area (Å²) in [5.41, 5.74) is 0.582. The van der Waals surface area contributed by atoms with Crippen LogP contribution >= 0.6 is 11.6 Å². The van der Waals surface area contributed by atoms with E-state index in [-0.39, 0.29) is 12.0 Å². The van der Waals surface area contributed by atoms with Gasteiger partial charge >= 0.3 is 5.97 Å². The van der Waals surface area contributed by atoms with E-state index in [1.165, 1.54) is 12.1 Å². The summed E-state index contributed by atoms with van der Waals surface area (Å²) in [6.45, 7) is 0. The Kier molecular flexibility index (Phi) is 3.74. The molecule has 0 saturated carbocycles. The minimum Gasteiger partial charge on any atom is -0.478 e. The number of aromatic carboxylic acids is 1. The van der Waals surface area contributed by atoms with Crippen LogP contribution in [0.1, 0.15) is 22.3 Å². The lowest BCUT2D eigenvalue weighted by molar-refractivity contribution is 0.0697. The highest BCUT2D eigenvalue weighted by molar-refractivity contribution is 6.31. The first-order valence-electron chi connectivity index (χ1n) is 4.03. The van der Waals surface area contributed by atoms with Gasteiger partial charge in [0.25, 0.3) is 0 Å². The number of carboxylic acid groups (broad SMARTS) is 1. The largest absolute Gasteiger partial charge is 0.478 e. The van der Waals surface area contributed by atoms with Gasteiger partial charge in [-0.25, -0.2) is 4.79 Å². The Morgan fingerprint density at radius 3 is 2.80 bits per heavy atom. The normalized spacial score (nSPS) is 8.53. The number of carbonyl (C=O) groups is 1. The van der Waals surface area contributed by atoms with Crippen LogP contribution in [0.5, 0.6) is 0 Å². The van der Waals surface area contributed by atoms with E-state index in [1.807, 2.05) is 6.07 Å². The quantitative estimate of drug-likeness (QED) is 0.738. The molecule has 0 aliphatic carbocycles. The lowest BCUT2D eigenvalue weighted by atomic mass is 10.1. The van der Waals surface area contributed by atoms with Crippen molar-refractivity contribution in [1.29, 1.82) is 5.26 Å². The van der Waals surface area contributed by atoms with Crippen LogP contribution in [0, 0.1) is 23.2 Å². The molecule has 0 radical (unpaired) electrons. The molecule has 0 aromatic heterocycles. The summed E-state index contributed by atoms with van der Waals surface area (Å²) in [5.74, 6) is 4.19. The Bertz CT molecular complexity index is 492. The zero-order chi connectivity index (χ0) is 11.3. The van der Waals surface area contributed by atoms with Gasteiger partial charge in [0.15, 0.2) is 0 Å². The zero-order valence-corrected chi connectivity index (χ0v) is 8.38. The Morgan fingerprint density at radius 2 is 2.20 bits per heavy atom. The fourth-order valence-corrected chi connectivity index (χ4v) is 1.21. The van der Waals surface area contributed by atoms with Crippen molar-refractivity contribution in [1.82, 2.24) is 0 Å². The predicted octanol–water partition coefficient (Wildman–Crippen LogP) is 2.30. The number of halogens is 1. The van der Waals surface area contributed by atoms with Crippen LogP contribution in [0.2, 0.25) is 5.02 Å². The van der Waals surface area contributed by atoms with Crippen molar-refractivity contribution in [3.05, 3.63) is 34.3 Å². The summed E-state index contributed by atoms with van der Waals surface area (Å²) in [7, 11) is 0. The Labute approximate surface area is 91.9 Å². The second-order valence-corrected chi connectivity index (χ2v) is 3.11. The molecule has 0 bridgehead atoms. The highest BCUT2D eigenvalue weighted by atomic mass is 35.5. The Balaban J connectivity index is 3.07. The third-order valence-corrected chi connectivity index (χ3v) is 1.76. The van der Waals surface area contributed by atoms with Crippen LogP contribution in [-0.4, -0.2) is 11.1 Å². The van der Waals surface area contributed by atoms with E-state index in [0.29, 0.717) is 10.6 Å². The number of rotatable bonds is 1. The monoisotopic (exact) mass is 219 g/mol. The van der Waals surface area contributed by atoms with Gasteiger partial charge in [0.1, 0.15) is 0 Å². The molecule has 1 N–H and O–H groups in total. The third-order valence-electron chi connectivity index (χ3n) is 1.54. The molecule has 0 unspecified atom stereocenters. The molecule has 0 heterocycles. The molecule has 4 heteroatoms. The third kappa shape index (κ3) is 3.34. The first kappa shape index (κ1) is 11.1. The fourth-order valence-electron chi connectivity index (χ4n) is 0.971. The number of hydrogen-bond acceptors (Lipinski definition) is 2. The van der Waals surface area contributed by atoms with Gasteiger partial charge in [-0.15, -0.1) is 0 Å². The van der Waals surface area contributed by atoms with Gasteiger partial charge in [0.2, 0.25) is 0 Å². The molecule has 1 rings (SSSR count). The van der Waals surface area contributed by atoms with E-state index in [0.717, 1.165) is 0 Å². The minimum absolute atomic E-state index is 0.0868. The molecule has 0 amide bonds. The number of benzene rings is 1. The summed E-state index contributed by atoms with van der Waals surface area (Å²) < 4.78 is 0. The van der Waals surface area contributed by atoms with Gasteiger partial charge in [-0.2, -0.15) is 5.26 Å². The SMILES string of the molecule is N#CCC#Cc1cc(Cl)cc(C(=O)O)c1. The Morgan fingerprint density at radius 1 is 1.47 bits per heavy atom. The summed E-state index contributed by atoms with van der Waals surface area (Å²) >= 11 is 5.71. The van der Waals surface area contributed by atoms with Crippen LogP contribution in [0.25, 0.3) is 0 Å². The van der Waals surface area contributed by atoms with Crippen LogP contribution < -0.4 is 0 Å². The van der Waals surface area contributed by atoms with E-state index < -0.39 is 5.97 Å². The fraction of sp³-hybridized carbons (Fsp3) is 0.0909. The van der Waals surface area contributed by atoms with E-state index >= 15 is 0 Å². The van der Waals surface area contributed by atoms with Crippen molar-refractivity contribution >= 4 is 17.6 Å². The molecule has 0 aliphatic heterocycles. The molecule has 0 aliphatic rings. The number of carboxylic acids is 1. The van der Waals surface area contributed by atoms with Crippen molar-refractivity contribution in [2.75, 3.05) is 0 Å². The summed E-state index contributed by atoms with van der Waals surface area (Å²) in [4.78, 5) is 10.7. The summed E-state index contributed by atoms with van der Waals surface area (Å²) in [5, 5.41) is 17.3. The standard InChI is InChI=1S/C11H6ClNO2/c12-10-6-8(3-1-2-4-13)5-9(7-10)11(14)15/h5-7H,2H2,(H,14,15). The molecule has 1 aromatic carbocycles. The molecule has 15 heavy (non-hydrogen) atoms. The number of nitrogens with zero attached hydrogens (tertiary/aromatic N) is 1. The average Bonchev–Trinajstić information content (AvgIpc) is 2.17. The second kappa shape index (κ2) is 5.05. The minimum atomic E-state index is -1.05. The van der Waals surface area contributed by atoms with E-state index in [1.54, 1.807) is 6.07 Å². The molecule has 0 saturated heterocycles. The number of hydrogen-bond donors (Lipinski definition) is 1. The molecular formula is C11H6ClNO2. The van der Waals surface area contributed by atoms with E-state index in [4.69, 9.17) is 22.0 Å². The second-order valence-electron chi connectivity index (χ2n) is 2.67. The van der Waals surface area contributed by atoms with Gasteiger partial charge in [0, 0.05) is 10.6 Å². The zero-order valence-electron chi connectivity index (χ0n) is 7.62. The van der Waals surface area contributed by atoms with E-state index in [2.05, 4.69) is 11.8 Å². The molecule has 0 fully saturated rings. The highest BCUT2D eigenvalue weighted by Gasteiger charge is 2.04. The van der Waals surface area contributed by atoms with Gasteiger partial charge in [-0.05, 0) is 18.2 Å². The first-order chi connectivity index (χ1) is 7.13. The molecule has 0 atom stereocenters. The lowest BCUT2D eigenvalue weighted by Gasteiger charge is -1.97. The summed E-state index contributed by atoms with van der Waals surface area (Å²) in [6, 6.07) is 6.18. The molecule has 74 valence electrons. The molecule has 3 nitrogen and oxygen atoms in total. The molecule has 1 aromatic rings. The summed E-state index contributed by atoms with van der Waals surface area (Å²) in [6.07, 6.45) is 0.106. The first-order valence-corrected chi connectivity index (χ1v) is 4.41. The van der Waals surface area contributed by atoms with Gasteiger partial charge in [-0.1, -0.05) is 23.4 Å². The van der Waals surface area contributed by atoms with E-state index in [9.17, 15) is 4.79 Å². The molecule has 0 spiro atoms. The van der Waals surface area contributed by atoms with Crippen LogP contribution in [-0.2, 0) is 0 Å². The van der Waals surface area contributed by atoms with Crippen LogP contribution in [0.3, 0.4) is 0 Å². The topological polar surface area (TPSA) is 61.1 Å². The maximum absolute atomic E-state index is 10.7. The van der Waals surface area contributed by atoms with Crippen molar-refractivity contribution in [3.63, 3.8) is 0 Å². The highest BCUT2D eigenvalue weighted by Crippen LogP contribution is 2.14. The number of nitriles is 1. The van der Waals surface area contributed by atoms with Gasteiger partial charge in [-0.3, -0.25) is 0 Å². The van der Waals surface area contributed by atoms with Crippen molar-refractivity contribution in [3.8, 4) is 17.9 Å². The molecular weight excluding hydrogens is 214 g/mol. The van der Waals surface area contributed by atoms with Crippen molar-refractivity contribution in [2.45, 2.75) is 6.42 Å². The lowest BCUT2D eigenvalue weighted by Crippen LogP contribution is -1.96. The Hall–Kier alpha value is -1.97. The maximum atomic E-state index is 10.7. The van der Waals surface area contributed by atoms with Crippen molar-refractivity contribution in [2.24, 2.45) is 0 Å². The van der Waals surface area contributed by atoms with Crippen LogP contribution in [0.15, 0.2) is 18.2 Å². The van der Waals surface area contributed by atoms with Gasteiger partial charge < -0.3 is 5.11 Å². The smallest absolute Gasteiger partial charge is 0.335 e. The van der Waals surface area contributed by atoms with Crippen LogP contribution in [0.4, 0.5) is 0 Å². The predicted molar refractivity (Wildman–Crippen MR) is 55.5 cm³/mol. The average molecular weight is 220 g/mol.